The van der Waals surface area contributed by atoms with Crippen molar-refractivity contribution in [2.45, 2.75) is 25.8 Å². The number of aliphatic carboxylic acids is 1. The van der Waals surface area contributed by atoms with Gasteiger partial charge in [-0.3, -0.25) is 9.48 Å². The highest BCUT2D eigenvalue weighted by Gasteiger charge is 2.30. The summed E-state index contributed by atoms with van der Waals surface area (Å²) < 4.78 is 6.64. The first-order valence-corrected chi connectivity index (χ1v) is 7.59. The van der Waals surface area contributed by atoms with Gasteiger partial charge in [-0.25, -0.2) is 4.79 Å². The number of hydrogen-bond donors (Lipinski definition) is 2. The number of hydrogen-bond acceptors (Lipinski definition) is 4. The van der Waals surface area contributed by atoms with Crippen LogP contribution in [0.25, 0.3) is 0 Å². The number of nitrogens with one attached hydrogen (secondary N) is 1. The molecular formula is C17H21N3O4. The van der Waals surface area contributed by atoms with Crippen LogP contribution in [0.15, 0.2) is 42.7 Å². The van der Waals surface area contributed by atoms with Crippen molar-refractivity contribution in [1.82, 2.24) is 9.78 Å². The van der Waals surface area contributed by atoms with Gasteiger partial charge in [0, 0.05) is 6.20 Å². The number of carboxylic acids is 1. The van der Waals surface area contributed by atoms with Crippen molar-refractivity contribution in [2.24, 2.45) is 0 Å². The highest BCUT2D eigenvalue weighted by molar-refractivity contribution is 5.91. The second kappa shape index (κ2) is 7.74. The Morgan fingerprint density at radius 3 is 2.67 bits per heavy atom. The van der Waals surface area contributed by atoms with Crippen molar-refractivity contribution in [3.63, 3.8) is 0 Å². The van der Waals surface area contributed by atoms with Gasteiger partial charge in [0.25, 0.3) is 0 Å². The molecule has 0 bridgehead atoms. The minimum atomic E-state index is -1.19. The van der Waals surface area contributed by atoms with Crippen molar-refractivity contribution < 1.29 is 19.4 Å². The lowest BCUT2D eigenvalue weighted by Crippen LogP contribution is -2.35. The number of carbonyl (C=O) groups excluding carboxylic acids is 1. The molecule has 0 saturated heterocycles. The van der Waals surface area contributed by atoms with E-state index in [2.05, 4.69) is 10.4 Å². The van der Waals surface area contributed by atoms with Crippen LogP contribution in [0.4, 0.5) is 5.69 Å². The second-order valence-corrected chi connectivity index (χ2v) is 5.87. The topological polar surface area (TPSA) is 93.5 Å². The highest BCUT2D eigenvalue weighted by atomic mass is 16.5. The molecule has 24 heavy (non-hydrogen) atoms. The molecule has 1 amide bonds. The first kappa shape index (κ1) is 17.7. The molecule has 7 nitrogen and oxygen atoms in total. The summed E-state index contributed by atoms with van der Waals surface area (Å²) in [6.07, 6.45) is 3.63. The van der Waals surface area contributed by atoms with Gasteiger partial charge < -0.3 is 15.2 Å². The number of rotatable bonds is 8. The number of benzene rings is 1. The average Bonchev–Trinajstić information content (AvgIpc) is 3.01. The lowest BCUT2D eigenvalue weighted by molar-refractivity contribution is -0.146. The number of ether oxygens (including phenoxy) is 1. The largest absolute Gasteiger partial charge is 0.479 e. The van der Waals surface area contributed by atoms with Crippen LogP contribution in [0.5, 0.6) is 0 Å². The fourth-order valence-electron chi connectivity index (χ4n) is 1.99. The molecule has 2 rings (SSSR count). The Morgan fingerprint density at radius 1 is 1.29 bits per heavy atom. The summed E-state index contributed by atoms with van der Waals surface area (Å²) >= 11 is 0. The zero-order valence-corrected chi connectivity index (χ0v) is 13.7. The molecule has 7 heteroatoms. The number of nitrogens with zero attached hydrogens (tertiary/aromatic N) is 2. The fourth-order valence-corrected chi connectivity index (χ4v) is 1.99. The normalized spacial score (nSPS) is 11.2. The van der Waals surface area contributed by atoms with Crippen LogP contribution < -0.4 is 5.32 Å². The molecule has 0 fully saturated rings. The van der Waals surface area contributed by atoms with Gasteiger partial charge in [0.15, 0.2) is 5.54 Å². The molecule has 2 N–H and O–H groups in total. The van der Waals surface area contributed by atoms with Crippen molar-refractivity contribution in [3.05, 3.63) is 48.3 Å². The predicted molar refractivity (Wildman–Crippen MR) is 88.8 cm³/mol. The molecular weight excluding hydrogens is 310 g/mol. The molecule has 0 aliphatic carbocycles. The van der Waals surface area contributed by atoms with Crippen molar-refractivity contribution in [2.75, 3.05) is 18.5 Å². The minimum absolute atomic E-state index is 0.0691. The molecule has 0 spiro atoms. The van der Waals surface area contributed by atoms with E-state index in [9.17, 15) is 9.59 Å². The number of carboxylic acid groups (broad SMARTS) is 1. The molecule has 0 aliphatic rings. The number of carbonyl (C=O) groups is 2. The quantitative estimate of drug-likeness (QED) is 0.721. The summed E-state index contributed by atoms with van der Waals surface area (Å²) in [6.45, 7) is 3.43. The molecule has 1 heterocycles. The Morgan fingerprint density at radius 2 is 2.00 bits per heavy atom. The third kappa shape index (κ3) is 4.66. The van der Waals surface area contributed by atoms with Crippen LogP contribution >= 0.6 is 0 Å². The molecule has 1 aromatic heterocycles. The van der Waals surface area contributed by atoms with Gasteiger partial charge in [-0.1, -0.05) is 30.3 Å². The van der Waals surface area contributed by atoms with Gasteiger partial charge in [-0.15, -0.1) is 0 Å². The van der Waals surface area contributed by atoms with E-state index in [1.807, 2.05) is 30.3 Å². The predicted octanol–water partition coefficient (Wildman–Crippen LogP) is 1.90. The summed E-state index contributed by atoms with van der Waals surface area (Å²) in [7, 11) is 0. The van der Waals surface area contributed by atoms with Gasteiger partial charge in [-0.05, 0) is 25.8 Å². The Balaban J connectivity index is 1.77. The Hall–Kier alpha value is -2.67. The van der Waals surface area contributed by atoms with Gasteiger partial charge in [0.1, 0.15) is 6.61 Å². The lowest BCUT2D eigenvalue weighted by atomic mass is 10.1. The number of anilines is 1. The Kier molecular flexibility index (Phi) is 5.70. The monoisotopic (exact) mass is 331 g/mol. The molecule has 128 valence electrons. The van der Waals surface area contributed by atoms with E-state index in [-0.39, 0.29) is 12.5 Å². The van der Waals surface area contributed by atoms with Crippen LogP contribution in [0.3, 0.4) is 0 Å². The van der Waals surface area contributed by atoms with E-state index in [1.165, 1.54) is 30.9 Å². The summed E-state index contributed by atoms with van der Waals surface area (Å²) in [6, 6.07) is 9.87. The lowest BCUT2D eigenvalue weighted by Gasteiger charge is -2.19. The molecule has 0 saturated carbocycles. The van der Waals surface area contributed by atoms with Crippen LogP contribution in [-0.2, 0) is 26.3 Å². The van der Waals surface area contributed by atoms with Gasteiger partial charge in [-0.2, -0.15) is 5.10 Å². The van der Waals surface area contributed by atoms with E-state index >= 15 is 0 Å². The highest BCUT2D eigenvalue weighted by Crippen LogP contribution is 2.17. The van der Waals surface area contributed by atoms with Gasteiger partial charge in [0.2, 0.25) is 5.91 Å². The first-order valence-electron chi connectivity index (χ1n) is 7.59. The van der Waals surface area contributed by atoms with Crippen molar-refractivity contribution in [1.29, 1.82) is 0 Å². The number of aromatic nitrogens is 2. The Bertz CT molecular complexity index is 695. The van der Waals surface area contributed by atoms with Crippen molar-refractivity contribution in [3.8, 4) is 0 Å². The minimum Gasteiger partial charge on any atom is -0.479 e. The Labute approximate surface area is 140 Å². The second-order valence-electron chi connectivity index (χ2n) is 5.87. The van der Waals surface area contributed by atoms with Crippen molar-refractivity contribution >= 4 is 17.6 Å². The summed E-state index contributed by atoms with van der Waals surface area (Å²) in [5.41, 5.74) is 0.394. The fraction of sp³-hybridized carbons (Fsp3) is 0.353. The summed E-state index contributed by atoms with van der Waals surface area (Å²) in [5, 5.41) is 15.8. The molecule has 0 unspecified atom stereocenters. The number of amides is 1. The SMILES string of the molecule is CC(C)(C(=O)O)n1cc(NC(=O)COCCc2ccccc2)cn1. The van der Waals surface area contributed by atoms with Crippen LogP contribution in [0, 0.1) is 0 Å². The molecule has 1 aromatic carbocycles. The van der Waals surface area contributed by atoms with Gasteiger partial charge in [0.05, 0.1) is 18.5 Å². The molecule has 2 aromatic rings. The third-order valence-electron chi connectivity index (χ3n) is 3.57. The standard InChI is InChI=1S/C17H21N3O4/c1-17(2,16(22)23)20-11-14(10-18-20)19-15(21)12-24-9-8-13-6-4-3-5-7-13/h3-7,10-11H,8-9,12H2,1-2H3,(H,19,21)(H,22,23). The van der Waals surface area contributed by atoms with E-state index < -0.39 is 11.5 Å². The van der Waals surface area contributed by atoms with E-state index in [0.29, 0.717) is 12.3 Å². The smallest absolute Gasteiger partial charge is 0.331 e. The molecule has 0 radical (unpaired) electrons. The van der Waals surface area contributed by atoms with E-state index in [4.69, 9.17) is 9.84 Å². The average molecular weight is 331 g/mol. The zero-order chi connectivity index (χ0) is 17.6. The molecule has 0 aliphatic heterocycles. The molecule has 0 atom stereocenters. The van der Waals surface area contributed by atoms with E-state index in [0.717, 1.165) is 12.0 Å². The van der Waals surface area contributed by atoms with Crippen LogP contribution in [0.2, 0.25) is 0 Å². The summed E-state index contributed by atoms with van der Waals surface area (Å²) in [5.74, 6) is -1.32. The first-order chi connectivity index (χ1) is 11.4. The van der Waals surface area contributed by atoms with E-state index in [1.54, 1.807) is 0 Å². The van der Waals surface area contributed by atoms with Crippen LogP contribution in [-0.4, -0.2) is 40.0 Å². The maximum atomic E-state index is 11.8. The zero-order valence-electron chi connectivity index (χ0n) is 13.7. The summed E-state index contributed by atoms with van der Waals surface area (Å²) in [4.78, 5) is 23.0. The van der Waals surface area contributed by atoms with Gasteiger partial charge >= 0.3 is 5.97 Å². The maximum Gasteiger partial charge on any atom is 0.331 e. The maximum absolute atomic E-state index is 11.8. The third-order valence-corrected chi connectivity index (χ3v) is 3.57. The van der Waals surface area contributed by atoms with Crippen LogP contribution in [0.1, 0.15) is 19.4 Å².